The highest BCUT2D eigenvalue weighted by Gasteiger charge is 2.23. The molecule has 0 radical (unpaired) electrons. The topological polar surface area (TPSA) is 123 Å². The number of carbonyl (C=O) groups excluding carboxylic acids is 1. The summed E-state index contributed by atoms with van der Waals surface area (Å²) >= 11 is 5.91. The zero-order valence-corrected chi connectivity index (χ0v) is 16.3. The fraction of sp³-hybridized carbons (Fsp3) is 0.118. The lowest BCUT2D eigenvalue weighted by molar-refractivity contribution is -0.385. The second kappa shape index (κ2) is 7.23. The summed E-state index contributed by atoms with van der Waals surface area (Å²) in [6.07, 6.45) is 1.57. The Morgan fingerprint density at radius 3 is 2.61 bits per heavy atom. The van der Waals surface area contributed by atoms with E-state index in [4.69, 9.17) is 11.6 Å². The van der Waals surface area contributed by atoms with E-state index >= 15 is 0 Å². The Bertz CT molecular complexity index is 1220. The molecule has 0 bridgehead atoms. The predicted octanol–water partition coefficient (Wildman–Crippen LogP) is 2.67. The van der Waals surface area contributed by atoms with Crippen LogP contribution in [0.1, 0.15) is 15.9 Å². The molecule has 11 heteroatoms. The molecule has 28 heavy (non-hydrogen) atoms. The van der Waals surface area contributed by atoms with Gasteiger partial charge in [-0.05, 0) is 19.1 Å². The smallest absolute Gasteiger partial charge is 0.275 e. The van der Waals surface area contributed by atoms with Gasteiger partial charge in [0.1, 0.15) is 0 Å². The minimum atomic E-state index is -4.28. The SMILES string of the molecule is Cc1c(Cl)cc(S(=O)(=O)NNC(=O)c2cn(C)c3ccccc23)cc1[N+](=O)[O-]. The molecule has 0 aliphatic heterocycles. The molecule has 0 fully saturated rings. The van der Waals surface area contributed by atoms with Gasteiger partial charge in [0.25, 0.3) is 21.6 Å². The monoisotopic (exact) mass is 422 g/mol. The number of nitrogens with one attached hydrogen (secondary N) is 2. The molecule has 1 amide bonds. The maximum atomic E-state index is 12.5. The van der Waals surface area contributed by atoms with Gasteiger partial charge in [0, 0.05) is 35.8 Å². The molecule has 1 heterocycles. The van der Waals surface area contributed by atoms with Gasteiger partial charge in [-0.2, -0.15) is 0 Å². The third kappa shape index (κ3) is 3.57. The summed E-state index contributed by atoms with van der Waals surface area (Å²) in [7, 11) is -2.52. The highest BCUT2D eigenvalue weighted by Crippen LogP contribution is 2.29. The van der Waals surface area contributed by atoms with Gasteiger partial charge in [-0.25, -0.2) is 8.42 Å². The third-order valence-corrected chi connectivity index (χ3v) is 5.86. The number of hydrogen-bond acceptors (Lipinski definition) is 5. The van der Waals surface area contributed by atoms with Gasteiger partial charge in [0.05, 0.1) is 20.4 Å². The Morgan fingerprint density at radius 1 is 1.25 bits per heavy atom. The van der Waals surface area contributed by atoms with Gasteiger partial charge in [-0.1, -0.05) is 29.8 Å². The molecule has 2 N–H and O–H groups in total. The molecule has 0 saturated carbocycles. The molecular weight excluding hydrogens is 408 g/mol. The number of nitrogens with zero attached hydrogens (tertiary/aromatic N) is 2. The Kier molecular flexibility index (Phi) is 5.11. The van der Waals surface area contributed by atoms with E-state index in [0.29, 0.717) is 5.39 Å². The molecule has 0 atom stereocenters. The van der Waals surface area contributed by atoms with Crippen LogP contribution in [0, 0.1) is 17.0 Å². The number of hydrazine groups is 1. The lowest BCUT2D eigenvalue weighted by Crippen LogP contribution is -2.41. The number of nitro groups is 1. The lowest BCUT2D eigenvalue weighted by Gasteiger charge is -2.09. The molecule has 0 aliphatic carbocycles. The van der Waals surface area contributed by atoms with E-state index in [1.807, 2.05) is 17.0 Å². The van der Waals surface area contributed by atoms with Crippen LogP contribution in [0.5, 0.6) is 0 Å². The average Bonchev–Trinajstić information content (AvgIpc) is 2.99. The van der Waals surface area contributed by atoms with Crippen LogP contribution >= 0.6 is 11.6 Å². The van der Waals surface area contributed by atoms with Crippen molar-refractivity contribution < 1.29 is 18.1 Å². The summed E-state index contributed by atoms with van der Waals surface area (Å²) in [5.74, 6) is -0.673. The summed E-state index contributed by atoms with van der Waals surface area (Å²) in [5, 5.41) is 11.7. The number of sulfonamides is 1. The number of amides is 1. The minimum absolute atomic E-state index is 0.0741. The fourth-order valence-corrected chi connectivity index (χ4v) is 3.91. The second-order valence-corrected chi connectivity index (χ2v) is 8.13. The standard InChI is InChI=1S/C17H15ClN4O5S/c1-10-14(18)7-11(8-16(10)22(24)25)28(26,27)20-19-17(23)13-9-21(2)15-6-4-3-5-12(13)15/h3-9,20H,1-2H3,(H,19,23). The first-order valence-corrected chi connectivity index (χ1v) is 9.78. The van der Waals surface area contributed by atoms with Gasteiger partial charge in [-0.15, -0.1) is 4.83 Å². The van der Waals surface area contributed by atoms with Crippen LogP contribution in [0.25, 0.3) is 10.9 Å². The maximum absolute atomic E-state index is 12.5. The number of fused-ring (bicyclic) bond motifs is 1. The van der Waals surface area contributed by atoms with Crippen molar-refractivity contribution in [2.45, 2.75) is 11.8 Å². The van der Waals surface area contributed by atoms with Crippen molar-refractivity contribution in [3.8, 4) is 0 Å². The fourth-order valence-electron chi connectivity index (χ4n) is 2.75. The first-order chi connectivity index (χ1) is 13.1. The van der Waals surface area contributed by atoms with Gasteiger partial charge < -0.3 is 4.57 Å². The number of nitro benzene ring substituents is 1. The Balaban J connectivity index is 1.87. The summed E-state index contributed by atoms with van der Waals surface area (Å²) in [4.78, 5) is 24.3. The van der Waals surface area contributed by atoms with Crippen LogP contribution in [-0.2, 0) is 17.1 Å². The molecule has 0 unspecified atom stereocenters. The molecule has 2 aromatic carbocycles. The highest BCUT2D eigenvalue weighted by atomic mass is 35.5. The molecular formula is C17H15ClN4O5S. The minimum Gasteiger partial charge on any atom is -0.350 e. The van der Waals surface area contributed by atoms with E-state index in [1.54, 1.807) is 29.9 Å². The van der Waals surface area contributed by atoms with Crippen LogP contribution in [0.15, 0.2) is 47.5 Å². The number of carbonyl (C=O) groups is 1. The van der Waals surface area contributed by atoms with E-state index < -0.39 is 31.4 Å². The zero-order chi connectivity index (χ0) is 20.6. The van der Waals surface area contributed by atoms with E-state index in [-0.39, 0.29) is 16.1 Å². The predicted molar refractivity (Wildman–Crippen MR) is 104 cm³/mol. The zero-order valence-electron chi connectivity index (χ0n) is 14.8. The van der Waals surface area contributed by atoms with Crippen LogP contribution in [0.2, 0.25) is 5.02 Å². The second-order valence-electron chi connectivity index (χ2n) is 6.04. The van der Waals surface area contributed by atoms with Crippen molar-refractivity contribution in [1.29, 1.82) is 0 Å². The van der Waals surface area contributed by atoms with Crippen molar-refractivity contribution in [2.24, 2.45) is 7.05 Å². The average molecular weight is 423 g/mol. The Labute approximate surface area is 165 Å². The highest BCUT2D eigenvalue weighted by molar-refractivity contribution is 7.89. The summed E-state index contributed by atoms with van der Waals surface area (Å²) in [6.45, 7) is 1.41. The van der Waals surface area contributed by atoms with Crippen molar-refractivity contribution in [2.75, 3.05) is 0 Å². The number of halogens is 1. The summed E-state index contributed by atoms with van der Waals surface area (Å²) in [5.41, 5.74) is 2.90. The van der Waals surface area contributed by atoms with Crippen LogP contribution in [0.3, 0.4) is 0 Å². The van der Waals surface area contributed by atoms with Crippen molar-refractivity contribution in [3.05, 3.63) is 68.9 Å². The lowest BCUT2D eigenvalue weighted by atomic mass is 10.2. The van der Waals surface area contributed by atoms with E-state index in [0.717, 1.165) is 17.6 Å². The first kappa shape index (κ1) is 19.8. The molecule has 146 valence electrons. The van der Waals surface area contributed by atoms with E-state index in [9.17, 15) is 23.3 Å². The summed E-state index contributed by atoms with van der Waals surface area (Å²) in [6, 6.07) is 9.10. The third-order valence-electron chi connectivity index (χ3n) is 4.24. The molecule has 3 rings (SSSR count). The largest absolute Gasteiger partial charge is 0.350 e. The summed E-state index contributed by atoms with van der Waals surface area (Å²) < 4.78 is 26.7. The van der Waals surface area contributed by atoms with E-state index in [2.05, 4.69) is 5.43 Å². The van der Waals surface area contributed by atoms with Gasteiger partial charge in [0.15, 0.2) is 0 Å². The number of rotatable bonds is 5. The van der Waals surface area contributed by atoms with Crippen molar-refractivity contribution >= 4 is 44.1 Å². The Hall–Kier alpha value is -2.95. The molecule has 0 aliphatic rings. The van der Waals surface area contributed by atoms with Crippen molar-refractivity contribution in [3.63, 3.8) is 0 Å². The van der Waals surface area contributed by atoms with Gasteiger partial charge >= 0.3 is 0 Å². The molecule has 0 saturated heterocycles. The van der Waals surface area contributed by atoms with Gasteiger partial charge in [-0.3, -0.25) is 20.3 Å². The van der Waals surface area contributed by atoms with Crippen LogP contribution in [0.4, 0.5) is 5.69 Å². The molecule has 3 aromatic rings. The number of benzene rings is 2. The number of aryl methyl sites for hydroxylation is 1. The van der Waals surface area contributed by atoms with E-state index in [1.165, 1.54) is 6.92 Å². The molecule has 0 spiro atoms. The van der Waals surface area contributed by atoms with Crippen LogP contribution in [-0.4, -0.2) is 23.8 Å². The molecule has 9 nitrogen and oxygen atoms in total. The quantitative estimate of drug-likeness (QED) is 0.483. The number of para-hydroxylation sites is 1. The first-order valence-electron chi connectivity index (χ1n) is 7.92. The normalized spacial score (nSPS) is 11.5. The van der Waals surface area contributed by atoms with Gasteiger partial charge in [0.2, 0.25) is 0 Å². The molecule has 1 aromatic heterocycles. The van der Waals surface area contributed by atoms with Crippen molar-refractivity contribution in [1.82, 2.24) is 14.8 Å². The number of hydrogen-bond donors (Lipinski definition) is 2. The van der Waals surface area contributed by atoms with Crippen LogP contribution < -0.4 is 10.3 Å². The maximum Gasteiger partial charge on any atom is 0.275 e. The Morgan fingerprint density at radius 2 is 1.93 bits per heavy atom. The number of aromatic nitrogens is 1.